The predicted octanol–water partition coefficient (Wildman–Crippen LogP) is 2.19. The van der Waals surface area contributed by atoms with E-state index < -0.39 is 0 Å². The van der Waals surface area contributed by atoms with E-state index in [9.17, 15) is 4.79 Å². The molecule has 1 aromatic rings. The largest absolute Gasteiger partial charge is 0.399 e. The molecule has 0 aliphatic carbocycles. The highest BCUT2D eigenvalue weighted by atomic mass is 16.1. The highest BCUT2D eigenvalue weighted by Gasteiger charge is 2.21. The average Bonchev–Trinajstić information content (AvgIpc) is 2.46. The molecule has 0 atom stereocenters. The number of amides is 1. The van der Waals surface area contributed by atoms with Crippen LogP contribution in [-0.2, 0) is 11.2 Å². The number of nitrogen functional groups attached to an aromatic ring is 1. The Balaban J connectivity index is 1.71. The molecule has 0 radical (unpaired) electrons. The maximum atomic E-state index is 12.0. The summed E-state index contributed by atoms with van der Waals surface area (Å²) >= 11 is 0. The number of nitrogens with one attached hydrogen (secondary N) is 1. The van der Waals surface area contributed by atoms with E-state index >= 15 is 0 Å². The maximum absolute atomic E-state index is 12.0. The van der Waals surface area contributed by atoms with Crippen LogP contribution in [0.15, 0.2) is 24.3 Å². The van der Waals surface area contributed by atoms with Crippen LogP contribution >= 0.6 is 0 Å². The first kappa shape index (κ1) is 15.8. The molecule has 4 nitrogen and oxygen atoms in total. The molecule has 0 spiro atoms. The van der Waals surface area contributed by atoms with E-state index in [1.54, 1.807) is 0 Å². The third-order valence-corrected chi connectivity index (χ3v) is 4.22. The van der Waals surface area contributed by atoms with Crippen molar-refractivity contribution in [2.45, 2.75) is 51.6 Å². The molecule has 1 fully saturated rings. The van der Waals surface area contributed by atoms with Crippen LogP contribution in [0.1, 0.15) is 38.7 Å². The third-order valence-electron chi connectivity index (χ3n) is 4.22. The lowest BCUT2D eigenvalue weighted by atomic mass is 10.0. The van der Waals surface area contributed by atoms with Gasteiger partial charge in [-0.15, -0.1) is 0 Å². The number of rotatable bonds is 5. The lowest BCUT2D eigenvalue weighted by Gasteiger charge is -2.34. The van der Waals surface area contributed by atoms with Gasteiger partial charge >= 0.3 is 0 Å². The van der Waals surface area contributed by atoms with Gasteiger partial charge in [0.05, 0.1) is 0 Å². The van der Waals surface area contributed by atoms with Crippen molar-refractivity contribution in [3.05, 3.63) is 29.8 Å². The van der Waals surface area contributed by atoms with E-state index in [2.05, 4.69) is 24.1 Å². The van der Waals surface area contributed by atoms with Gasteiger partial charge in [0.25, 0.3) is 0 Å². The summed E-state index contributed by atoms with van der Waals surface area (Å²) < 4.78 is 0. The van der Waals surface area contributed by atoms with Crippen molar-refractivity contribution in [1.82, 2.24) is 10.2 Å². The molecule has 0 aromatic heterocycles. The van der Waals surface area contributed by atoms with Crippen LogP contribution in [-0.4, -0.2) is 36.0 Å². The van der Waals surface area contributed by atoms with E-state index in [1.807, 2.05) is 24.3 Å². The average molecular weight is 289 g/mol. The summed E-state index contributed by atoms with van der Waals surface area (Å²) in [6.07, 6.45) is 3.40. The summed E-state index contributed by atoms with van der Waals surface area (Å²) in [6, 6.07) is 8.70. The van der Waals surface area contributed by atoms with Gasteiger partial charge in [-0.3, -0.25) is 4.79 Å². The zero-order chi connectivity index (χ0) is 15.2. The molecule has 116 valence electrons. The molecule has 0 bridgehead atoms. The van der Waals surface area contributed by atoms with Crippen molar-refractivity contribution >= 4 is 11.6 Å². The second-order valence-electron chi connectivity index (χ2n) is 6.22. The van der Waals surface area contributed by atoms with Crippen molar-refractivity contribution in [3.63, 3.8) is 0 Å². The van der Waals surface area contributed by atoms with Crippen LogP contribution in [0.25, 0.3) is 0 Å². The summed E-state index contributed by atoms with van der Waals surface area (Å²) in [4.78, 5) is 14.5. The first-order valence-electron chi connectivity index (χ1n) is 7.92. The monoisotopic (exact) mass is 289 g/mol. The maximum Gasteiger partial charge on any atom is 0.220 e. The smallest absolute Gasteiger partial charge is 0.220 e. The second-order valence-corrected chi connectivity index (χ2v) is 6.22. The van der Waals surface area contributed by atoms with Gasteiger partial charge in [0.2, 0.25) is 5.91 Å². The number of nitrogens with two attached hydrogens (primary N) is 1. The lowest BCUT2D eigenvalue weighted by molar-refractivity contribution is -0.122. The minimum atomic E-state index is 0.153. The van der Waals surface area contributed by atoms with Crippen LogP contribution < -0.4 is 11.1 Å². The predicted molar refractivity (Wildman–Crippen MR) is 87.0 cm³/mol. The topological polar surface area (TPSA) is 58.4 Å². The molecule has 1 amide bonds. The van der Waals surface area contributed by atoms with Gasteiger partial charge in [0, 0.05) is 37.3 Å². The quantitative estimate of drug-likeness (QED) is 0.817. The second kappa shape index (κ2) is 7.46. The molecule has 1 aliphatic heterocycles. The molecule has 2 rings (SSSR count). The van der Waals surface area contributed by atoms with Crippen LogP contribution in [0.5, 0.6) is 0 Å². The number of anilines is 1. The number of likely N-dealkylation sites (tertiary alicyclic amines) is 1. The minimum Gasteiger partial charge on any atom is -0.399 e. The normalized spacial score (nSPS) is 17.1. The molecule has 21 heavy (non-hydrogen) atoms. The Morgan fingerprint density at radius 3 is 2.71 bits per heavy atom. The summed E-state index contributed by atoms with van der Waals surface area (Å²) in [6.45, 7) is 6.62. The van der Waals surface area contributed by atoms with E-state index in [4.69, 9.17) is 5.73 Å². The standard InChI is InChI=1S/C17H27N3O/c1-13(2)20-10-8-16(9-11-20)19-17(21)7-6-14-4-3-5-15(18)12-14/h3-5,12-13,16H,6-11,18H2,1-2H3,(H,19,21). The molecule has 1 aliphatic rings. The van der Waals surface area contributed by atoms with Crippen LogP contribution in [0.3, 0.4) is 0 Å². The van der Waals surface area contributed by atoms with E-state index in [0.717, 1.165) is 43.6 Å². The Hall–Kier alpha value is -1.55. The molecule has 1 aromatic carbocycles. The van der Waals surface area contributed by atoms with Gasteiger partial charge in [-0.25, -0.2) is 0 Å². The number of piperidine rings is 1. The number of hydrogen-bond donors (Lipinski definition) is 2. The Kier molecular flexibility index (Phi) is 5.62. The Labute approximate surface area is 127 Å². The molecular formula is C17H27N3O. The number of benzene rings is 1. The molecule has 4 heteroatoms. The summed E-state index contributed by atoms with van der Waals surface area (Å²) in [7, 11) is 0. The number of carbonyl (C=O) groups is 1. The fraction of sp³-hybridized carbons (Fsp3) is 0.588. The fourth-order valence-electron chi connectivity index (χ4n) is 2.87. The van der Waals surface area contributed by atoms with E-state index in [-0.39, 0.29) is 5.91 Å². The van der Waals surface area contributed by atoms with E-state index in [0.29, 0.717) is 18.5 Å². The highest BCUT2D eigenvalue weighted by Crippen LogP contribution is 2.13. The van der Waals surface area contributed by atoms with E-state index in [1.165, 1.54) is 0 Å². The molecule has 3 N–H and O–H groups in total. The van der Waals surface area contributed by atoms with Gasteiger partial charge in [-0.1, -0.05) is 12.1 Å². The third kappa shape index (κ3) is 5.05. The SMILES string of the molecule is CC(C)N1CCC(NC(=O)CCc2cccc(N)c2)CC1. The van der Waals surface area contributed by atoms with Gasteiger partial charge in [0.15, 0.2) is 0 Å². The molecule has 1 heterocycles. The van der Waals surface area contributed by atoms with Gasteiger partial charge in [-0.05, 0) is 50.8 Å². The Morgan fingerprint density at radius 2 is 2.10 bits per heavy atom. The number of aryl methyl sites for hydroxylation is 1. The highest BCUT2D eigenvalue weighted by molar-refractivity contribution is 5.76. The van der Waals surface area contributed by atoms with Crippen molar-refractivity contribution in [2.75, 3.05) is 18.8 Å². The molecule has 0 saturated carbocycles. The summed E-state index contributed by atoms with van der Waals surface area (Å²) in [5, 5.41) is 3.17. The van der Waals surface area contributed by atoms with Crippen LogP contribution in [0.2, 0.25) is 0 Å². The Bertz CT molecular complexity index is 465. The van der Waals surface area contributed by atoms with Gasteiger partial charge in [0.1, 0.15) is 0 Å². The molecule has 0 unspecified atom stereocenters. The minimum absolute atomic E-state index is 0.153. The Morgan fingerprint density at radius 1 is 1.38 bits per heavy atom. The zero-order valence-corrected chi connectivity index (χ0v) is 13.1. The molecule has 1 saturated heterocycles. The lowest BCUT2D eigenvalue weighted by Crippen LogP contribution is -2.46. The molecular weight excluding hydrogens is 262 g/mol. The first-order chi connectivity index (χ1) is 10.0. The van der Waals surface area contributed by atoms with Crippen LogP contribution in [0.4, 0.5) is 5.69 Å². The number of carbonyl (C=O) groups excluding carboxylic acids is 1. The zero-order valence-electron chi connectivity index (χ0n) is 13.1. The van der Waals surface area contributed by atoms with Crippen molar-refractivity contribution in [1.29, 1.82) is 0 Å². The van der Waals surface area contributed by atoms with Gasteiger partial charge in [-0.2, -0.15) is 0 Å². The van der Waals surface area contributed by atoms with Gasteiger partial charge < -0.3 is 16.0 Å². The summed E-state index contributed by atoms with van der Waals surface area (Å²) in [5.74, 6) is 0.153. The number of hydrogen-bond acceptors (Lipinski definition) is 3. The van der Waals surface area contributed by atoms with Crippen molar-refractivity contribution in [3.8, 4) is 0 Å². The van der Waals surface area contributed by atoms with Crippen LogP contribution in [0, 0.1) is 0 Å². The van der Waals surface area contributed by atoms with Crippen molar-refractivity contribution in [2.24, 2.45) is 0 Å². The first-order valence-corrected chi connectivity index (χ1v) is 7.92. The van der Waals surface area contributed by atoms with Crippen molar-refractivity contribution < 1.29 is 4.79 Å². The summed E-state index contributed by atoms with van der Waals surface area (Å²) in [5.41, 5.74) is 7.63. The number of nitrogens with zero attached hydrogens (tertiary/aromatic N) is 1. The fourth-order valence-corrected chi connectivity index (χ4v) is 2.87.